The van der Waals surface area contributed by atoms with Gasteiger partial charge in [-0.25, -0.2) is 9.98 Å². The lowest BCUT2D eigenvalue weighted by Crippen LogP contribution is -2.36. The summed E-state index contributed by atoms with van der Waals surface area (Å²) >= 11 is 1.74. The van der Waals surface area contributed by atoms with E-state index in [4.69, 9.17) is 4.99 Å². The van der Waals surface area contributed by atoms with Crippen LogP contribution in [0.1, 0.15) is 17.4 Å². The molecule has 2 aromatic heterocycles. The number of benzene rings is 1. The van der Waals surface area contributed by atoms with Gasteiger partial charge >= 0.3 is 0 Å². The van der Waals surface area contributed by atoms with Crippen LogP contribution in [0.15, 0.2) is 65.5 Å². The lowest BCUT2D eigenvalue weighted by atomic mass is 10.2. The van der Waals surface area contributed by atoms with Gasteiger partial charge in [-0.15, -0.1) is 11.3 Å². The summed E-state index contributed by atoms with van der Waals surface area (Å²) in [6.45, 7) is 4.29. The van der Waals surface area contributed by atoms with Gasteiger partial charge in [0.1, 0.15) is 0 Å². The van der Waals surface area contributed by atoms with Crippen molar-refractivity contribution in [1.82, 2.24) is 20.2 Å². The zero-order valence-corrected chi connectivity index (χ0v) is 14.5. The monoisotopic (exact) mass is 339 g/mol. The second kappa shape index (κ2) is 8.31. The Morgan fingerprint density at radius 3 is 2.88 bits per heavy atom. The number of thiophene rings is 1. The average molecular weight is 339 g/mol. The third kappa shape index (κ3) is 4.23. The number of hydrogen-bond acceptors (Lipinski definition) is 3. The van der Waals surface area contributed by atoms with E-state index >= 15 is 0 Å². The summed E-state index contributed by atoms with van der Waals surface area (Å²) < 4.78 is 2.01. The highest BCUT2D eigenvalue weighted by molar-refractivity contribution is 7.09. The molecular weight excluding hydrogens is 318 g/mol. The van der Waals surface area contributed by atoms with Crippen molar-refractivity contribution in [1.29, 1.82) is 0 Å². The third-order valence-electron chi connectivity index (χ3n) is 3.54. The maximum Gasteiger partial charge on any atom is 0.191 e. The van der Waals surface area contributed by atoms with Crippen LogP contribution in [-0.4, -0.2) is 22.1 Å². The molecule has 0 aliphatic carbocycles. The summed E-state index contributed by atoms with van der Waals surface area (Å²) in [7, 11) is 0. The molecule has 2 heterocycles. The minimum atomic E-state index is 0.605. The predicted octanol–water partition coefficient (Wildman–Crippen LogP) is 3.19. The minimum absolute atomic E-state index is 0.605. The van der Waals surface area contributed by atoms with E-state index < -0.39 is 0 Å². The van der Waals surface area contributed by atoms with E-state index in [9.17, 15) is 0 Å². The smallest absolute Gasteiger partial charge is 0.191 e. The Hall–Kier alpha value is -2.60. The number of imidazole rings is 1. The summed E-state index contributed by atoms with van der Waals surface area (Å²) in [6.07, 6.45) is 5.54. The molecule has 0 aliphatic rings. The van der Waals surface area contributed by atoms with Gasteiger partial charge in [0, 0.05) is 23.8 Å². The van der Waals surface area contributed by atoms with Gasteiger partial charge in [-0.1, -0.05) is 24.3 Å². The van der Waals surface area contributed by atoms with E-state index in [-0.39, 0.29) is 0 Å². The zero-order chi connectivity index (χ0) is 16.6. The van der Waals surface area contributed by atoms with Gasteiger partial charge in [-0.05, 0) is 30.0 Å². The number of para-hydroxylation sites is 1. The molecule has 0 saturated carbocycles. The predicted molar refractivity (Wildman–Crippen MR) is 99.5 cm³/mol. The SMILES string of the molecule is CCNC(=NCc1ccccc1-n1ccnc1)NCc1cccs1. The van der Waals surface area contributed by atoms with E-state index in [1.807, 2.05) is 29.2 Å². The number of nitrogens with one attached hydrogen (secondary N) is 2. The third-order valence-corrected chi connectivity index (χ3v) is 4.41. The quantitative estimate of drug-likeness (QED) is 0.536. The van der Waals surface area contributed by atoms with Gasteiger partial charge in [0.15, 0.2) is 5.96 Å². The van der Waals surface area contributed by atoms with Crippen molar-refractivity contribution >= 4 is 17.3 Å². The summed E-state index contributed by atoms with van der Waals surface area (Å²) in [5.41, 5.74) is 2.26. The van der Waals surface area contributed by atoms with Gasteiger partial charge in [-0.3, -0.25) is 0 Å². The Kier molecular flexibility index (Phi) is 5.63. The highest BCUT2D eigenvalue weighted by Crippen LogP contribution is 2.15. The van der Waals surface area contributed by atoms with Crippen molar-refractivity contribution in [3.8, 4) is 5.69 Å². The summed E-state index contributed by atoms with van der Waals surface area (Å²) in [6, 6.07) is 12.4. The average Bonchev–Trinajstić information content (AvgIpc) is 3.31. The molecule has 1 aromatic carbocycles. The van der Waals surface area contributed by atoms with E-state index in [0.29, 0.717) is 6.54 Å². The number of hydrogen-bond donors (Lipinski definition) is 2. The van der Waals surface area contributed by atoms with Crippen LogP contribution < -0.4 is 10.6 Å². The Bertz CT molecular complexity index is 763. The molecule has 124 valence electrons. The van der Waals surface area contributed by atoms with Crippen molar-refractivity contribution in [2.24, 2.45) is 4.99 Å². The van der Waals surface area contributed by atoms with Crippen LogP contribution in [0.5, 0.6) is 0 Å². The van der Waals surface area contributed by atoms with Gasteiger partial charge in [0.05, 0.1) is 25.1 Å². The number of aromatic nitrogens is 2. The minimum Gasteiger partial charge on any atom is -0.357 e. The molecule has 24 heavy (non-hydrogen) atoms. The number of aliphatic imine (C=N–C) groups is 1. The molecule has 0 aliphatic heterocycles. The van der Waals surface area contributed by atoms with Crippen LogP contribution in [0.25, 0.3) is 5.69 Å². The maximum absolute atomic E-state index is 4.72. The van der Waals surface area contributed by atoms with Crippen LogP contribution in [0.3, 0.4) is 0 Å². The Morgan fingerprint density at radius 2 is 2.12 bits per heavy atom. The van der Waals surface area contributed by atoms with Crippen molar-refractivity contribution in [2.75, 3.05) is 6.54 Å². The lowest BCUT2D eigenvalue weighted by molar-refractivity contribution is 0.822. The molecule has 0 saturated heterocycles. The van der Waals surface area contributed by atoms with Crippen molar-refractivity contribution in [3.05, 3.63) is 70.9 Å². The van der Waals surface area contributed by atoms with Gasteiger partial charge in [-0.2, -0.15) is 0 Å². The summed E-state index contributed by atoms with van der Waals surface area (Å²) in [5.74, 6) is 0.825. The van der Waals surface area contributed by atoms with Crippen LogP contribution in [0.4, 0.5) is 0 Å². The fourth-order valence-corrected chi connectivity index (χ4v) is 3.03. The Balaban J connectivity index is 1.72. The largest absolute Gasteiger partial charge is 0.357 e. The molecule has 0 spiro atoms. The first-order valence-corrected chi connectivity index (χ1v) is 8.85. The Morgan fingerprint density at radius 1 is 1.21 bits per heavy atom. The molecular formula is C18H21N5S. The first-order chi connectivity index (χ1) is 11.9. The molecule has 0 fully saturated rings. The molecule has 0 amide bonds. The van der Waals surface area contributed by atoms with E-state index in [1.54, 1.807) is 17.5 Å². The van der Waals surface area contributed by atoms with E-state index in [0.717, 1.165) is 30.3 Å². The lowest BCUT2D eigenvalue weighted by Gasteiger charge is -2.12. The van der Waals surface area contributed by atoms with Crippen LogP contribution in [0.2, 0.25) is 0 Å². The van der Waals surface area contributed by atoms with Gasteiger partial charge in [0.2, 0.25) is 0 Å². The first-order valence-electron chi connectivity index (χ1n) is 7.97. The van der Waals surface area contributed by atoms with Crippen LogP contribution in [-0.2, 0) is 13.1 Å². The molecule has 0 radical (unpaired) electrons. The van der Waals surface area contributed by atoms with E-state index in [1.165, 1.54) is 4.88 Å². The molecule has 2 N–H and O–H groups in total. The fourth-order valence-electron chi connectivity index (χ4n) is 2.39. The summed E-state index contributed by atoms with van der Waals surface area (Å²) in [5, 5.41) is 8.76. The van der Waals surface area contributed by atoms with Gasteiger partial charge in [0.25, 0.3) is 0 Å². The highest BCUT2D eigenvalue weighted by Gasteiger charge is 2.04. The van der Waals surface area contributed by atoms with Crippen LogP contribution >= 0.6 is 11.3 Å². The topological polar surface area (TPSA) is 54.2 Å². The van der Waals surface area contributed by atoms with Crippen LogP contribution in [0, 0.1) is 0 Å². The van der Waals surface area contributed by atoms with Crippen molar-refractivity contribution in [2.45, 2.75) is 20.0 Å². The zero-order valence-electron chi connectivity index (χ0n) is 13.6. The second-order valence-corrected chi connectivity index (χ2v) is 6.26. The highest BCUT2D eigenvalue weighted by atomic mass is 32.1. The molecule has 5 nitrogen and oxygen atoms in total. The molecule has 0 unspecified atom stereocenters. The molecule has 0 bridgehead atoms. The molecule has 0 atom stereocenters. The number of guanidine groups is 1. The van der Waals surface area contributed by atoms with E-state index in [2.05, 4.69) is 52.2 Å². The Labute approximate surface area is 146 Å². The maximum atomic E-state index is 4.72. The van der Waals surface area contributed by atoms with Gasteiger partial charge < -0.3 is 15.2 Å². The first kappa shape index (κ1) is 16.3. The molecule has 3 rings (SSSR count). The normalized spacial score (nSPS) is 11.5. The number of nitrogens with zero attached hydrogens (tertiary/aromatic N) is 3. The molecule has 6 heteroatoms. The van der Waals surface area contributed by atoms with Crippen molar-refractivity contribution in [3.63, 3.8) is 0 Å². The summed E-state index contributed by atoms with van der Waals surface area (Å²) in [4.78, 5) is 10.1. The fraction of sp³-hybridized carbons (Fsp3) is 0.222. The van der Waals surface area contributed by atoms with Crippen molar-refractivity contribution < 1.29 is 0 Å². The standard InChI is InChI=1S/C18H21N5S/c1-2-20-18(22-13-16-7-5-11-24-16)21-12-15-6-3-4-8-17(15)23-10-9-19-14-23/h3-11,14H,2,12-13H2,1H3,(H2,20,21,22). The number of rotatable bonds is 6. The molecule has 3 aromatic rings. The second-order valence-electron chi connectivity index (χ2n) is 5.23.